The fourth-order valence-corrected chi connectivity index (χ4v) is 2.11. The molecule has 0 aliphatic heterocycles. The molecule has 0 aliphatic rings. The molecule has 0 fully saturated rings. The summed E-state index contributed by atoms with van der Waals surface area (Å²) in [6.45, 7) is 8.79. The number of carbonyl (C=O) groups excluding carboxylic acids is 1. The highest BCUT2D eigenvalue weighted by Gasteiger charge is 2.20. The van der Waals surface area contributed by atoms with Crippen LogP contribution in [0.2, 0.25) is 0 Å². The summed E-state index contributed by atoms with van der Waals surface area (Å²) in [5.41, 5.74) is 0. The monoisotopic (exact) mass is 262 g/mol. The predicted octanol–water partition coefficient (Wildman–Crippen LogP) is 0.849. The molecular weight excluding hydrogens is 236 g/mol. The highest BCUT2D eigenvalue weighted by atomic mass is 32.2. The second kappa shape index (κ2) is 8.78. The van der Waals surface area contributed by atoms with Crippen LogP contribution in [0.3, 0.4) is 0 Å². The lowest BCUT2D eigenvalue weighted by Crippen LogP contribution is -2.49. The van der Waals surface area contributed by atoms with Crippen molar-refractivity contribution in [2.45, 2.75) is 45.0 Å². The fraction of sp³-hybridized carbons (Fsp3) is 0.917. The zero-order valence-corrected chi connectivity index (χ0v) is 12.3. The Balaban J connectivity index is 4.06. The summed E-state index contributed by atoms with van der Waals surface area (Å²) in [5, 5.41) is 15.4. The van der Waals surface area contributed by atoms with Gasteiger partial charge < -0.3 is 15.7 Å². The molecule has 0 aromatic heterocycles. The normalized spacial score (nSPS) is 16.6. The predicted molar refractivity (Wildman–Crippen MR) is 74.3 cm³/mol. The van der Waals surface area contributed by atoms with Crippen LogP contribution < -0.4 is 10.6 Å². The quantitative estimate of drug-likeness (QED) is 0.607. The van der Waals surface area contributed by atoms with Gasteiger partial charge in [0, 0.05) is 17.8 Å². The van der Waals surface area contributed by atoms with Crippen molar-refractivity contribution in [3.63, 3.8) is 0 Å². The third-order valence-electron chi connectivity index (χ3n) is 2.63. The van der Waals surface area contributed by atoms with E-state index in [1.807, 2.05) is 20.1 Å². The van der Waals surface area contributed by atoms with Crippen LogP contribution in [0.4, 0.5) is 0 Å². The van der Waals surface area contributed by atoms with Gasteiger partial charge in [-0.15, -0.1) is 0 Å². The molecule has 3 N–H and O–H groups in total. The van der Waals surface area contributed by atoms with Crippen molar-refractivity contribution in [1.29, 1.82) is 0 Å². The highest BCUT2D eigenvalue weighted by Crippen LogP contribution is 2.10. The summed E-state index contributed by atoms with van der Waals surface area (Å²) in [5.74, 6) is 0.475. The van der Waals surface area contributed by atoms with Crippen LogP contribution in [0.5, 0.6) is 0 Å². The Bertz CT molecular complexity index is 221. The maximum atomic E-state index is 11.7. The van der Waals surface area contributed by atoms with E-state index in [0.717, 1.165) is 0 Å². The number of amides is 1. The first-order valence-corrected chi connectivity index (χ1v) is 7.38. The maximum Gasteiger partial charge on any atom is 0.236 e. The molecule has 0 aromatic rings. The summed E-state index contributed by atoms with van der Waals surface area (Å²) >= 11 is 1.61. The molecule has 0 saturated heterocycles. The van der Waals surface area contributed by atoms with Gasteiger partial charge in [-0.3, -0.25) is 4.79 Å². The van der Waals surface area contributed by atoms with E-state index < -0.39 is 0 Å². The Morgan fingerprint density at radius 3 is 2.29 bits per heavy atom. The Morgan fingerprint density at radius 1 is 1.29 bits per heavy atom. The largest absolute Gasteiger partial charge is 0.395 e. The molecule has 0 aliphatic carbocycles. The van der Waals surface area contributed by atoms with Crippen LogP contribution in [-0.4, -0.2) is 47.8 Å². The van der Waals surface area contributed by atoms with E-state index in [1.165, 1.54) is 0 Å². The van der Waals surface area contributed by atoms with E-state index >= 15 is 0 Å². The van der Waals surface area contributed by atoms with Crippen LogP contribution in [0.15, 0.2) is 0 Å². The van der Waals surface area contributed by atoms with Crippen molar-refractivity contribution in [2.24, 2.45) is 5.92 Å². The second-order valence-electron chi connectivity index (χ2n) is 4.77. The van der Waals surface area contributed by atoms with Gasteiger partial charge in [0.25, 0.3) is 0 Å². The maximum absolute atomic E-state index is 11.7. The average Bonchev–Trinajstić information content (AvgIpc) is 2.27. The van der Waals surface area contributed by atoms with Crippen LogP contribution in [0, 0.1) is 5.92 Å². The number of hydrogen-bond donors (Lipinski definition) is 3. The molecule has 0 radical (unpaired) electrons. The second-order valence-corrected chi connectivity index (χ2v) is 5.85. The lowest BCUT2D eigenvalue weighted by Gasteiger charge is -2.25. The van der Waals surface area contributed by atoms with Gasteiger partial charge >= 0.3 is 0 Å². The topological polar surface area (TPSA) is 61.4 Å². The molecule has 102 valence electrons. The van der Waals surface area contributed by atoms with Gasteiger partial charge in [-0.05, 0) is 26.0 Å². The van der Waals surface area contributed by atoms with E-state index in [2.05, 4.69) is 24.5 Å². The summed E-state index contributed by atoms with van der Waals surface area (Å²) < 4.78 is 0. The molecule has 4 nitrogen and oxygen atoms in total. The van der Waals surface area contributed by atoms with Crippen molar-refractivity contribution in [2.75, 3.05) is 19.4 Å². The lowest BCUT2D eigenvalue weighted by molar-refractivity contribution is -0.123. The fourth-order valence-electron chi connectivity index (χ4n) is 1.47. The molecule has 0 heterocycles. The number of aliphatic hydroxyl groups excluding tert-OH is 1. The molecule has 1 amide bonds. The Labute approximate surface area is 109 Å². The van der Waals surface area contributed by atoms with Crippen molar-refractivity contribution in [3.05, 3.63) is 0 Å². The molecule has 0 aromatic carbocycles. The third kappa shape index (κ3) is 6.91. The first kappa shape index (κ1) is 16.7. The SMILES string of the molecule is CSC(CO)C(C)NC(C)C(=O)NCC(C)C. The molecule has 3 atom stereocenters. The van der Waals surface area contributed by atoms with Crippen LogP contribution in [-0.2, 0) is 4.79 Å². The molecule has 0 rings (SSSR count). The summed E-state index contributed by atoms with van der Waals surface area (Å²) in [6.07, 6.45) is 1.96. The van der Waals surface area contributed by atoms with Crippen molar-refractivity contribution >= 4 is 17.7 Å². The average molecular weight is 262 g/mol. The van der Waals surface area contributed by atoms with Gasteiger partial charge in [0.2, 0.25) is 5.91 Å². The molecule has 3 unspecified atom stereocenters. The first-order chi connectivity index (χ1) is 7.92. The zero-order chi connectivity index (χ0) is 13.4. The number of thioether (sulfide) groups is 1. The van der Waals surface area contributed by atoms with Crippen LogP contribution >= 0.6 is 11.8 Å². The van der Waals surface area contributed by atoms with Gasteiger partial charge in [0.05, 0.1) is 12.6 Å². The zero-order valence-electron chi connectivity index (χ0n) is 11.5. The summed E-state index contributed by atoms with van der Waals surface area (Å²) in [4.78, 5) is 11.7. The van der Waals surface area contributed by atoms with E-state index in [1.54, 1.807) is 11.8 Å². The van der Waals surface area contributed by atoms with Gasteiger partial charge in [0.15, 0.2) is 0 Å². The van der Waals surface area contributed by atoms with E-state index in [9.17, 15) is 4.79 Å². The van der Waals surface area contributed by atoms with Crippen molar-refractivity contribution in [3.8, 4) is 0 Å². The Kier molecular flexibility index (Phi) is 8.64. The molecule has 5 heteroatoms. The van der Waals surface area contributed by atoms with E-state index in [0.29, 0.717) is 12.5 Å². The molecular formula is C12H26N2O2S. The van der Waals surface area contributed by atoms with E-state index in [4.69, 9.17) is 5.11 Å². The minimum atomic E-state index is -0.232. The van der Waals surface area contributed by atoms with Gasteiger partial charge in [-0.1, -0.05) is 13.8 Å². The molecule has 0 saturated carbocycles. The van der Waals surface area contributed by atoms with E-state index in [-0.39, 0.29) is 29.8 Å². The molecule has 17 heavy (non-hydrogen) atoms. The standard InChI is InChI=1S/C12H26N2O2S/c1-8(2)6-13-12(16)10(4)14-9(3)11(7-15)17-5/h8-11,14-15H,6-7H2,1-5H3,(H,13,16). The molecule has 0 bridgehead atoms. The Morgan fingerprint density at radius 2 is 1.88 bits per heavy atom. The minimum absolute atomic E-state index is 0.0170. The Hall–Kier alpha value is -0.260. The number of rotatable bonds is 8. The highest BCUT2D eigenvalue weighted by molar-refractivity contribution is 7.99. The first-order valence-electron chi connectivity index (χ1n) is 6.09. The number of hydrogen-bond acceptors (Lipinski definition) is 4. The number of carbonyl (C=O) groups is 1. The third-order valence-corrected chi connectivity index (χ3v) is 3.79. The van der Waals surface area contributed by atoms with Gasteiger partial charge in [-0.25, -0.2) is 0 Å². The van der Waals surface area contributed by atoms with Crippen molar-refractivity contribution < 1.29 is 9.90 Å². The minimum Gasteiger partial charge on any atom is -0.395 e. The lowest BCUT2D eigenvalue weighted by atomic mass is 10.2. The van der Waals surface area contributed by atoms with Gasteiger partial charge in [0.1, 0.15) is 0 Å². The molecule has 0 spiro atoms. The van der Waals surface area contributed by atoms with Crippen molar-refractivity contribution in [1.82, 2.24) is 10.6 Å². The van der Waals surface area contributed by atoms with Crippen LogP contribution in [0.1, 0.15) is 27.7 Å². The van der Waals surface area contributed by atoms with Gasteiger partial charge in [-0.2, -0.15) is 11.8 Å². The summed E-state index contributed by atoms with van der Waals surface area (Å²) in [7, 11) is 0. The number of nitrogens with one attached hydrogen (secondary N) is 2. The smallest absolute Gasteiger partial charge is 0.236 e. The van der Waals surface area contributed by atoms with Crippen LogP contribution in [0.25, 0.3) is 0 Å². The number of aliphatic hydroxyl groups is 1. The summed E-state index contributed by atoms with van der Waals surface area (Å²) in [6, 6.07) is -0.125.